The lowest BCUT2D eigenvalue weighted by atomic mass is 10.0. The number of carbonyl (C=O) groups excluding carboxylic acids is 5. The zero-order valence-corrected chi connectivity index (χ0v) is 20.2. The normalized spacial score (nSPS) is 17.8. The van der Waals surface area contributed by atoms with Crippen LogP contribution in [0.3, 0.4) is 0 Å². The van der Waals surface area contributed by atoms with Crippen LogP contribution >= 0.6 is 0 Å². The third-order valence-corrected chi connectivity index (χ3v) is 5.69. The number of hydrogen-bond acceptors (Lipinski definition) is 5. The van der Waals surface area contributed by atoms with Crippen LogP contribution in [0.1, 0.15) is 36.5 Å². The third kappa shape index (κ3) is 6.65. The van der Waals surface area contributed by atoms with E-state index in [1.165, 1.54) is 9.80 Å². The van der Waals surface area contributed by atoms with Gasteiger partial charge in [0.1, 0.15) is 18.9 Å². The van der Waals surface area contributed by atoms with Gasteiger partial charge in [-0.25, -0.2) is 0 Å². The van der Waals surface area contributed by atoms with Crippen molar-refractivity contribution in [2.75, 3.05) is 19.6 Å². The van der Waals surface area contributed by atoms with Crippen LogP contribution in [0.25, 0.3) is 0 Å². The van der Waals surface area contributed by atoms with Gasteiger partial charge in [0.25, 0.3) is 11.8 Å². The van der Waals surface area contributed by atoms with Crippen molar-refractivity contribution in [3.05, 3.63) is 83.7 Å². The number of aldehydes is 1. The molecule has 9 heteroatoms. The topological polar surface area (TPSA) is 116 Å². The Morgan fingerprint density at radius 3 is 2.61 bits per heavy atom. The number of nitrogens with zero attached hydrogens (tertiary/aromatic N) is 2. The first-order valence-electron chi connectivity index (χ1n) is 11.8. The first-order chi connectivity index (χ1) is 17.5. The zero-order valence-electron chi connectivity index (χ0n) is 20.2. The Morgan fingerprint density at radius 1 is 1.11 bits per heavy atom. The maximum absolute atomic E-state index is 13.7. The van der Waals surface area contributed by atoms with Gasteiger partial charge in [-0.3, -0.25) is 24.1 Å². The van der Waals surface area contributed by atoms with Gasteiger partial charge < -0.3 is 20.3 Å². The largest absolute Gasteiger partial charge is 0.348 e. The molecule has 1 heterocycles. The van der Waals surface area contributed by atoms with E-state index < -0.39 is 17.9 Å². The number of rotatable bonds is 9. The molecule has 0 unspecified atom stereocenters. The van der Waals surface area contributed by atoms with E-state index in [-0.39, 0.29) is 37.9 Å². The molecule has 3 rings (SSSR count). The summed E-state index contributed by atoms with van der Waals surface area (Å²) in [7, 11) is 0. The quantitative estimate of drug-likeness (QED) is 0.405. The minimum absolute atomic E-state index is 0.0492. The Hall–Kier alpha value is -4.27. The Balaban J connectivity index is 1.98. The summed E-state index contributed by atoms with van der Waals surface area (Å²) in [5, 5.41) is 5.18. The average Bonchev–Trinajstić information content (AvgIpc) is 3.01. The van der Waals surface area contributed by atoms with E-state index in [1.54, 1.807) is 54.6 Å². The molecule has 0 aromatic heterocycles. The lowest BCUT2D eigenvalue weighted by Gasteiger charge is -2.29. The summed E-state index contributed by atoms with van der Waals surface area (Å²) < 4.78 is 0. The SMILES string of the molecule is C/C=C\C=C/CC(=O)N[C@H]1CN(C(=O)c2ccccc2)C2=C(C=CCC2)N(CC(=O)NCC=O)C1=O. The molecule has 4 amide bonds. The van der Waals surface area contributed by atoms with E-state index in [0.29, 0.717) is 36.1 Å². The van der Waals surface area contributed by atoms with Crippen molar-refractivity contribution in [1.29, 1.82) is 0 Å². The first-order valence-corrected chi connectivity index (χ1v) is 11.8. The van der Waals surface area contributed by atoms with Gasteiger partial charge in [0.05, 0.1) is 18.8 Å². The van der Waals surface area contributed by atoms with E-state index in [9.17, 15) is 24.0 Å². The van der Waals surface area contributed by atoms with E-state index in [0.717, 1.165) is 0 Å². The minimum atomic E-state index is -1.07. The second-order valence-corrected chi connectivity index (χ2v) is 8.23. The summed E-state index contributed by atoms with van der Waals surface area (Å²) in [6.45, 7) is 1.25. The number of allylic oxidation sites excluding steroid dienone is 6. The molecule has 1 aromatic carbocycles. The molecular weight excluding hydrogens is 460 g/mol. The maximum atomic E-state index is 13.7. The van der Waals surface area contributed by atoms with Crippen LogP contribution in [0.4, 0.5) is 0 Å². The van der Waals surface area contributed by atoms with Crippen LogP contribution in [0.15, 0.2) is 78.2 Å². The van der Waals surface area contributed by atoms with Crippen molar-refractivity contribution in [2.24, 2.45) is 0 Å². The first kappa shape index (κ1) is 26.3. The van der Waals surface area contributed by atoms with Gasteiger partial charge in [0, 0.05) is 17.7 Å². The van der Waals surface area contributed by atoms with Gasteiger partial charge >= 0.3 is 0 Å². The molecule has 0 bridgehead atoms. The summed E-state index contributed by atoms with van der Waals surface area (Å²) >= 11 is 0. The van der Waals surface area contributed by atoms with Gasteiger partial charge in [0.2, 0.25) is 11.8 Å². The second kappa shape index (κ2) is 13.0. The molecule has 2 N–H and O–H groups in total. The van der Waals surface area contributed by atoms with Crippen LogP contribution < -0.4 is 10.6 Å². The van der Waals surface area contributed by atoms with Crippen LogP contribution in [0.5, 0.6) is 0 Å². The Kier molecular flexibility index (Phi) is 9.50. The summed E-state index contributed by atoms with van der Waals surface area (Å²) in [4.78, 5) is 65.8. The van der Waals surface area contributed by atoms with Gasteiger partial charge in [-0.2, -0.15) is 0 Å². The molecule has 0 fully saturated rings. The highest BCUT2D eigenvalue weighted by Gasteiger charge is 2.38. The summed E-state index contributed by atoms with van der Waals surface area (Å²) in [5.41, 5.74) is 1.48. The lowest BCUT2D eigenvalue weighted by Crippen LogP contribution is -2.53. The van der Waals surface area contributed by atoms with E-state index >= 15 is 0 Å². The predicted molar refractivity (Wildman–Crippen MR) is 134 cm³/mol. The van der Waals surface area contributed by atoms with Crippen molar-refractivity contribution in [3.8, 4) is 0 Å². The minimum Gasteiger partial charge on any atom is -0.348 e. The third-order valence-electron chi connectivity index (χ3n) is 5.69. The Bertz CT molecular complexity index is 1120. The fourth-order valence-corrected chi connectivity index (χ4v) is 4.02. The standard InChI is InChI=1S/C27H30N4O5/c1-2-3-4-8-15-24(33)29-21-18-30(26(35)20-11-6-5-7-12-20)22-13-9-10-14-23(22)31(27(21)36)19-25(34)28-16-17-32/h2-8,10-12,14,17,21H,9,13,15-16,18-19H2,1H3,(H,28,34)(H,29,33)/b3-2-,8-4-/t21-/m0/s1. The second-order valence-electron chi connectivity index (χ2n) is 8.23. The molecular formula is C27H30N4O5. The van der Waals surface area contributed by atoms with Crippen molar-refractivity contribution in [1.82, 2.24) is 20.4 Å². The molecule has 2 aliphatic rings. The van der Waals surface area contributed by atoms with Crippen molar-refractivity contribution in [3.63, 3.8) is 0 Å². The smallest absolute Gasteiger partial charge is 0.258 e. The maximum Gasteiger partial charge on any atom is 0.258 e. The fourth-order valence-electron chi connectivity index (χ4n) is 4.02. The lowest BCUT2D eigenvalue weighted by molar-refractivity contribution is -0.137. The van der Waals surface area contributed by atoms with Gasteiger partial charge in [-0.05, 0) is 38.0 Å². The number of hydrogen-bond donors (Lipinski definition) is 2. The molecule has 0 spiro atoms. The molecule has 1 aliphatic heterocycles. The molecule has 0 saturated heterocycles. The van der Waals surface area contributed by atoms with Crippen LogP contribution in [0, 0.1) is 0 Å². The van der Waals surface area contributed by atoms with Gasteiger partial charge in [0.15, 0.2) is 0 Å². The van der Waals surface area contributed by atoms with Gasteiger partial charge in [-0.1, -0.05) is 48.6 Å². The monoisotopic (exact) mass is 490 g/mol. The molecule has 1 aromatic rings. The average molecular weight is 491 g/mol. The molecule has 1 atom stereocenters. The highest BCUT2D eigenvalue weighted by molar-refractivity contribution is 5.98. The molecule has 188 valence electrons. The highest BCUT2D eigenvalue weighted by atomic mass is 16.2. The van der Waals surface area contributed by atoms with Crippen molar-refractivity contribution < 1.29 is 24.0 Å². The number of amides is 4. The number of nitrogens with one attached hydrogen (secondary N) is 2. The molecule has 0 saturated carbocycles. The van der Waals surface area contributed by atoms with Crippen molar-refractivity contribution in [2.45, 2.75) is 32.2 Å². The molecule has 36 heavy (non-hydrogen) atoms. The molecule has 9 nitrogen and oxygen atoms in total. The fraction of sp³-hybridized carbons (Fsp3) is 0.296. The van der Waals surface area contributed by atoms with Crippen LogP contribution in [-0.2, 0) is 19.2 Å². The summed E-state index contributed by atoms with van der Waals surface area (Å²) in [5.74, 6) is -1.72. The number of benzene rings is 1. The number of carbonyl (C=O) groups is 5. The van der Waals surface area contributed by atoms with Crippen LogP contribution in [0.2, 0.25) is 0 Å². The van der Waals surface area contributed by atoms with Crippen LogP contribution in [-0.4, -0.2) is 65.4 Å². The highest BCUT2D eigenvalue weighted by Crippen LogP contribution is 2.30. The van der Waals surface area contributed by atoms with Crippen molar-refractivity contribution >= 4 is 29.9 Å². The predicted octanol–water partition coefficient (Wildman–Crippen LogP) is 1.85. The zero-order chi connectivity index (χ0) is 25.9. The van der Waals surface area contributed by atoms with Gasteiger partial charge in [-0.15, -0.1) is 0 Å². The summed E-state index contributed by atoms with van der Waals surface area (Å²) in [6.07, 6.45) is 12.3. The van der Waals surface area contributed by atoms with E-state index in [4.69, 9.17) is 0 Å². The molecule has 0 radical (unpaired) electrons. The molecule has 1 aliphatic carbocycles. The Labute approximate surface area is 210 Å². The van der Waals surface area contributed by atoms with E-state index in [2.05, 4.69) is 10.6 Å². The van der Waals surface area contributed by atoms with E-state index in [1.807, 2.05) is 19.1 Å². The Morgan fingerprint density at radius 2 is 1.89 bits per heavy atom. The summed E-state index contributed by atoms with van der Waals surface area (Å²) in [6, 6.07) is 7.63.